The first-order chi connectivity index (χ1) is 16.3. The summed E-state index contributed by atoms with van der Waals surface area (Å²) in [6, 6.07) is 8.52. The highest BCUT2D eigenvalue weighted by molar-refractivity contribution is 6.04. The largest absolute Gasteiger partial charge is 0.399 e. The zero-order chi connectivity index (χ0) is 24.3. The first kappa shape index (κ1) is 23.7. The van der Waals surface area contributed by atoms with Crippen molar-refractivity contribution in [3.63, 3.8) is 0 Å². The predicted molar refractivity (Wildman–Crippen MR) is 132 cm³/mol. The zero-order valence-electron chi connectivity index (χ0n) is 20.0. The van der Waals surface area contributed by atoms with Gasteiger partial charge < -0.3 is 15.4 Å². The number of piperidine rings is 1. The molecule has 34 heavy (non-hydrogen) atoms. The number of fused-ring (bicyclic) bond motifs is 1. The SMILES string of the molecule is COCCCn1c(NC(=O)c2cccc(N)c2)nc2cc(C(=O)N3CCCC(C)(C)C3)cnc21. The summed E-state index contributed by atoms with van der Waals surface area (Å²) in [6.07, 6.45) is 4.41. The van der Waals surface area contributed by atoms with E-state index in [1.165, 1.54) is 0 Å². The van der Waals surface area contributed by atoms with Crippen LogP contribution in [0.1, 0.15) is 53.8 Å². The Morgan fingerprint density at radius 1 is 1.24 bits per heavy atom. The molecule has 0 spiro atoms. The van der Waals surface area contributed by atoms with Crippen LogP contribution >= 0.6 is 0 Å². The van der Waals surface area contributed by atoms with E-state index in [-0.39, 0.29) is 17.2 Å². The number of ether oxygens (including phenoxy) is 1. The van der Waals surface area contributed by atoms with E-state index < -0.39 is 0 Å². The number of methoxy groups -OCH3 is 1. The second-order valence-corrected chi connectivity index (χ2v) is 9.57. The quantitative estimate of drug-likeness (QED) is 0.408. The highest BCUT2D eigenvalue weighted by Crippen LogP contribution is 2.29. The number of anilines is 2. The van der Waals surface area contributed by atoms with Gasteiger partial charge in [-0.1, -0.05) is 19.9 Å². The number of nitrogens with zero attached hydrogens (tertiary/aromatic N) is 4. The van der Waals surface area contributed by atoms with Crippen LogP contribution in [0.5, 0.6) is 0 Å². The molecule has 1 fully saturated rings. The number of amides is 2. The maximum atomic E-state index is 13.2. The minimum absolute atomic E-state index is 0.0403. The molecule has 1 saturated heterocycles. The van der Waals surface area contributed by atoms with Crippen molar-refractivity contribution in [3.8, 4) is 0 Å². The van der Waals surface area contributed by atoms with Crippen LogP contribution in [0.25, 0.3) is 11.2 Å². The number of imidazole rings is 1. The van der Waals surface area contributed by atoms with Crippen LogP contribution in [0.3, 0.4) is 0 Å². The average molecular weight is 465 g/mol. The molecule has 0 radical (unpaired) electrons. The summed E-state index contributed by atoms with van der Waals surface area (Å²) in [6.45, 7) is 6.95. The number of likely N-dealkylation sites (tertiary alicyclic amines) is 1. The van der Waals surface area contributed by atoms with Gasteiger partial charge >= 0.3 is 0 Å². The standard InChI is InChI=1S/C25H32N6O3/c1-25(2)9-5-10-30(16-25)23(33)18-14-20-21(27-15-18)31(11-6-12-34-3)24(28-20)29-22(32)17-7-4-8-19(26)13-17/h4,7-8,13-15H,5-6,9-12,16,26H2,1-3H3,(H,28,29,32). The average Bonchev–Trinajstić information content (AvgIpc) is 3.14. The number of nitrogen functional groups attached to an aromatic ring is 1. The van der Waals surface area contributed by atoms with Gasteiger partial charge in [0, 0.05) is 50.8 Å². The number of pyridine rings is 1. The molecule has 180 valence electrons. The Kier molecular flexibility index (Phi) is 6.83. The van der Waals surface area contributed by atoms with E-state index in [0.29, 0.717) is 53.5 Å². The Balaban J connectivity index is 1.64. The smallest absolute Gasteiger partial charge is 0.258 e. The van der Waals surface area contributed by atoms with E-state index in [4.69, 9.17) is 10.5 Å². The minimum atomic E-state index is -0.317. The molecular weight excluding hydrogens is 432 g/mol. The van der Waals surface area contributed by atoms with Gasteiger partial charge in [0.1, 0.15) is 5.52 Å². The summed E-state index contributed by atoms with van der Waals surface area (Å²) in [5, 5.41) is 2.87. The highest BCUT2D eigenvalue weighted by Gasteiger charge is 2.30. The lowest BCUT2D eigenvalue weighted by atomic mass is 9.84. The monoisotopic (exact) mass is 464 g/mol. The van der Waals surface area contributed by atoms with Crippen molar-refractivity contribution >= 4 is 34.6 Å². The fourth-order valence-corrected chi connectivity index (χ4v) is 4.43. The summed E-state index contributed by atoms with van der Waals surface area (Å²) in [5.41, 5.74) is 8.54. The van der Waals surface area contributed by atoms with E-state index in [9.17, 15) is 9.59 Å². The molecule has 2 amide bonds. The van der Waals surface area contributed by atoms with Crippen molar-refractivity contribution in [1.82, 2.24) is 19.4 Å². The van der Waals surface area contributed by atoms with Gasteiger partial charge in [-0.25, -0.2) is 9.97 Å². The van der Waals surface area contributed by atoms with Crippen LogP contribution < -0.4 is 11.1 Å². The number of carbonyl (C=O) groups is 2. The Morgan fingerprint density at radius 2 is 2.06 bits per heavy atom. The van der Waals surface area contributed by atoms with Crippen molar-refractivity contribution in [3.05, 3.63) is 47.7 Å². The number of aromatic nitrogens is 3. The Labute approximate surface area is 199 Å². The number of nitrogens with one attached hydrogen (secondary N) is 1. The number of hydrogen-bond acceptors (Lipinski definition) is 6. The highest BCUT2D eigenvalue weighted by atomic mass is 16.5. The van der Waals surface area contributed by atoms with Gasteiger partial charge in [-0.3, -0.25) is 19.5 Å². The molecule has 0 atom stereocenters. The lowest BCUT2D eigenvalue weighted by molar-refractivity contribution is 0.0583. The molecule has 3 N–H and O–H groups in total. The number of hydrogen-bond donors (Lipinski definition) is 2. The number of carbonyl (C=O) groups excluding carboxylic acids is 2. The number of rotatable bonds is 7. The molecule has 1 aliphatic rings. The molecule has 3 aromatic rings. The normalized spacial score (nSPS) is 15.4. The second-order valence-electron chi connectivity index (χ2n) is 9.57. The summed E-state index contributed by atoms with van der Waals surface area (Å²) < 4.78 is 7.03. The van der Waals surface area contributed by atoms with Gasteiger partial charge in [-0.2, -0.15) is 0 Å². The van der Waals surface area contributed by atoms with E-state index in [0.717, 1.165) is 25.9 Å². The molecule has 9 heteroatoms. The third-order valence-corrected chi connectivity index (χ3v) is 6.12. The first-order valence-corrected chi connectivity index (χ1v) is 11.6. The Bertz CT molecular complexity index is 1200. The fraction of sp³-hybridized carbons (Fsp3) is 0.440. The van der Waals surface area contributed by atoms with Crippen molar-refractivity contribution in [2.75, 3.05) is 37.9 Å². The molecule has 1 aromatic carbocycles. The maximum Gasteiger partial charge on any atom is 0.258 e. The molecular formula is C25H32N6O3. The van der Waals surface area contributed by atoms with Crippen molar-refractivity contribution in [1.29, 1.82) is 0 Å². The Hall–Kier alpha value is -3.46. The van der Waals surface area contributed by atoms with Crippen LogP contribution in [0.15, 0.2) is 36.5 Å². The van der Waals surface area contributed by atoms with Gasteiger partial charge in [-0.15, -0.1) is 0 Å². The zero-order valence-corrected chi connectivity index (χ0v) is 20.0. The molecule has 3 heterocycles. The molecule has 0 aliphatic carbocycles. The third kappa shape index (κ3) is 5.20. The number of aryl methyl sites for hydroxylation is 1. The van der Waals surface area contributed by atoms with E-state index in [1.54, 1.807) is 43.6 Å². The van der Waals surface area contributed by atoms with E-state index in [1.807, 2.05) is 9.47 Å². The lowest BCUT2D eigenvalue weighted by Crippen LogP contribution is -2.43. The fourth-order valence-electron chi connectivity index (χ4n) is 4.43. The third-order valence-electron chi connectivity index (χ3n) is 6.12. The van der Waals surface area contributed by atoms with Gasteiger partial charge in [0.15, 0.2) is 5.65 Å². The number of nitrogens with two attached hydrogens (primary N) is 1. The van der Waals surface area contributed by atoms with Crippen LogP contribution in [-0.2, 0) is 11.3 Å². The van der Waals surface area contributed by atoms with Gasteiger partial charge in [0.2, 0.25) is 5.95 Å². The van der Waals surface area contributed by atoms with Crippen LogP contribution in [-0.4, -0.2) is 58.1 Å². The minimum Gasteiger partial charge on any atom is -0.399 e. The molecule has 2 aromatic heterocycles. The number of benzene rings is 1. The summed E-state index contributed by atoms with van der Waals surface area (Å²) in [5.74, 6) is 0.0126. The predicted octanol–water partition coefficient (Wildman–Crippen LogP) is 3.56. The van der Waals surface area contributed by atoms with Crippen LogP contribution in [0.2, 0.25) is 0 Å². The summed E-state index contributed by atoms with van der Waals surface area (Å²) >= 11 is 0. The van der Waals surface area contributed by atoms with Crippen molar-refractivity contribution < 1.29 is 14.3 Å². The van der Waals surface area contributed by atoms with Crippen molar-refractivity contribution in [2.24, 2.45) is 5.41 Å². The van der Waals surface area contributed by atoms with Gasteiger partial charge in [0.25, 0.3) is 11.8 Å². The molecule has 4 rings (SSSR count). The lowest BCUT2D eigenvalue weighted by Gasteiger charge is -2.38. The first-order valence-electron chi connectivity index (χ1n) is 11.6. The van der Waals surface area contributed by atoms with E-state index >= 15 is 0 Å². The van der Waals surface area contributed by atoms with Crippen molar-refractivity contribution in [2.45, 2.75) is 39.7 Å². The van der Waals surface area contributed by atoms with Gasteiger partial charge in [-0.05, 0) is 48.9 Å². The second kappa shape index (κ2) is 9.80. The molecule has 0 bridgehead atoms. The molecule has 0 saturated carbocycles. The van der Waals surface area contributed by atoms with Gasteiger partial charge in [0.05, 0.1) is 5.56 Å². The topological polar surface area (TPSA) is 115 Å². The Morgan fingerprint density at radius 3 is 2.79 bits per heavy atom. The molecule has 1 aliphatic heterocycles. The van der Waals surface area contributed by atoms with Crippen LogP contribution in [0.4, 0.5) is 11.6 Å². The van der Waals surface area contributed by atoms with E-state index in [2.05, 4.69) is 29.1 Å². The summed E-state index contributed by atoms with van der Waals surface area (Å²) in [4.78, 5) is 37.1. The summed E-state index contributed by atoms with van der Waals surface area (Å²) in [7, 11) is 1.65. The van der Waals surface area contributed by atoms with Crippen LogP contribution in [0, 0.1) is 5.41 Å². The maximum absolute atomic E-state index is 13.2. The molecule has 9 nitrogen and oxygen atoms in total. The molecule has 0 unspecified atom stereocenters.